The number of benzene rings is 1. The lowest BCUT2D eigenvalue weighted by Crippen LogP contribution is -2.53. The molecular formula is C14H20FN3O. The van der Waals surface area contributed by atoms with Crippen molar-refractivity contribution in [3.05, 3.63) is 30.1 Å². The van der Waals surface area contributed by atoms with Crippen LogP contribution in [0.2, 0.25) is 0 Å². The van der Waals surface area contributed by atoms with Crippen molar-refractivity contribution in [3.63, 3.8) is 0 Å². The van der Waals surface area contributed by atoms with Crippen molar-refractivity contribution >= 4 is 11.7 Å². The summed E-state index contributed by atoms with van der Waals surface area (Å²) in [6.45, 7) is 2.51. The molecule has 1 saturated heterocycles. The zero-order valence-corrected chi connectivity index (χ0v) is 11.1. The van der Waals surface area contributed by atoms with Crippen LogP contribution in [0, 0.1) is 5.82 Å². The number of hydrogen-bond donors (Lipinski definition) is 2. The second-order valence-electron chi connectivity index (χ2n) is 5.01. The monoisotopic (exact) mass is 265 g/mol. The summed E-state index contributed by atoms with van der Waals surface area (Å²) in [5, 5.41) is 2.80. The van der Waals surface area contributed by atoms with Gasteiger partial charge < -0.3 is 16.0 Å². The molecule has 4 nitrogen and oxygen atoms in total. The highest BCUT2D eigenvalue weighted by Crippen LogP contribution is 2.23. The smallest absolute Gasteiger partial charge is 0.322 e. The average molecular weight is 265 g/mol. The van der Waals surface area contributed by atoms with Gasteiger partial charge in [-0.05, 0) is 50.5 Å². The van der Waals surface area contributed by atoms with E-state index in [0.29, 0.717) is 12.2 Å². The predicted octanol–water partition coefficient (Wildman–Crippen LogP) is 2.56. The average Bonchev–Trinajstić information content (AvgIpc) is 2.40. The van der Waals surface area contributed by atoms with Gasteiger partial charge in [0.2, 0.25) is 0 Å². The van der Waals surface area contributed by atoms with Crippen LogP contribution in [0.1, 0.15) is 26.2 Å². The number of carbonyl (C=O) groups is 1. The highest BCUT2D eigenvalue weighted by molar-refractivity contribution is 5.89. The highest BCUT2D eigenvalue weighted by Gasteiger charge is 2.30. The summed E-state index contributed by atoms with van der Waals surface area (Å²) >= 11 is 0. The van der Waals surface area contributed by atoms with Gasteiger partial charge in [0.25, 0.3) is 0 Å². The topological polar surface area (TPSA) is 58.4 Å². The molecule has 2 unspecified atom stereocenters. The van der Waals surface area contributed by atoms with E-state index in [1.54, 1.807) is 12.1 Å². The van der Waals surface area contributed by atoms with Gasteiger partial charge in [0, 0.05) is 24.3 Å². The van der Waals surface area contributed by atoms with E-state index in [9.17, 15) is 9.18 Å². The lowest BCUT2D eigenvalue weighted by molar-refractivity contribution is 0.128. The molecule has 1 aliphatic heterocycles. The van der Waals surface area contributed by atoms with Gasteiger partial charge in [0.15, 0.2) is 0 Å². The Morgan fingerprint density at radius 2 is 2.11 bits per heavy atom. The maximum atomic E-state index is 12.8. The highest BCUT2D eigenvalue weighted by atomic mass is 19.1. The summed E-state index contributed by atoms with van der Waals surface area (Å²) < 4.78 is 12.8. The molecule has 0 aliphatic carbocycles. The molecule has 0 bridgehead atoms. The number of rotatable bonds is 2. The normalized spacial score (nSPS) is 23.2. The van der Waals surface area contributed by atoms with Crippen LogP contribution < -0.4 is 11.1 Å². The van der Waals surface area contributed by atoms with E-state index >= 15 is 0 Å². The maximum Gasteiger partial charge on any atom is 0.322 e. The van der Waals surface area contributed by atoms with Crippen LogP contribution in [0.5, 0.6) is 0 Å². The minimum atomic E-state index is -0.316. The third kappa shape index (κ3) is 3.23. The van der Waals surface area contributed by atoms with Crippen LogP contribution in [0.3, 0.4) is 0 Å². The van der Waals surface area contributed by atoms with E-state index in [-0.39, 0.29) is 23.9 Å². The van der Waals surface area contributed by atoms with Gasteiger partial charge >= 0.3 is 6.03 Å². The fourth-order valence-electron chi connectivity index (χ4n) is 2.61. The van der Waals surface area contributed by atoms with Crippen LogP contribution >= 0.6 is 0 Å². The first kappa shape index (κ1) is 13.8. The zero-order chi connectivity index (χ0) is 13.8. The maximum absolute atomic E-state index is 12.8. The SMILES string of the molecule is CC1CCCC(CN)N1C(=O)Nc1ccc(F)cc1. The first-order valence-electron chi connectivity index (χ1n) is 6.66. The Bertz CT molecular complexity index is 435. The lowest BCUT2D eigenvalue weighted by Gasteiger charge is -2.40. The van der Waals surface area contributed by atoms with E-state index in [1.807, 2.05) is 11.8 Å². The molecule has 3 N–H and O–H groups in total. The molecule has 1 heterocycles. The van der Waals surface area contributed by atoms with Crippen LogP contribution in [0.15, 0.2) is 24.3 Å². The molecule has 104 valence electrons. The number of piperidine rings is 1. The minimum Gasteiger partial charge on any atom is -0.328 e. The molecule has 0 spiro atoms. The van der Waals surface area contributed by atoms with Crippen molar-refractivity contribution in [2.24, 2.45) is 5.73 Å². The van der Waals surface area contributed by atoms with Crippen molar-refractivity contribution < 1.29 is 9.18 Å². The fourth-order valence-corrected chi connectivity index (χ4v) is 2.61. The molecule has 2 atom stereocenters. The van der Waals surface area contributed by atoms with Crippen molar-refractivity contribution in [2.45, 2.75) is 38.3 Å². The molecule has 19 heavy (non-hydrogen) atoms. The quantitative estimate of drug-likeness (QED) is 0.863. The van der Waals surface area contributed by atoms with Gasteiger partial charge in [-0.2, -0.15) is 0 Å². The molecule has 2 amide bonds. The molecule has 1 fully saturated rings. The molecule has 0 saturated carbocycles. The Balaban J connectivity index is 2.06. The van der Waals surface area contributed by atoms with Crippen molar-refractivity contribution in [1.82, 2.24) is 4.90 Å². The third-order valence-corrected chi connectivity index (χ3v) is 3.63. The third-order valence-electron chi connectivity index (χ3n) is 3.63. The number of nitrogens with two attached hydrogens (primary N) is 1. The lowest BCUT2D eigenvalue weighted by atomic mass is 9.97. The number of nitrogens with one attached hydrogen (secondary N) is 1. The Kier molecular flexibility index (Phi) is 4.37. The summed E-state index contributed by atoms with van der Waals surface area (Å²) in [6.07, 6.45) is 3.04. The molecule has 2 rings (SSSR count). The van der Waals surface area contributed by atoms with Crippen molar-refractivity contribution in [2.75, 3.05) is 11.9 Å². The van der Waals surface area contributed by atoms with E-state index < -0.39 is 0 Å². The standard InChI is InChI=1S/C14H20FN3O/c1-10-3-2-4-13(9-16)18(10)14(19)17-12-7-5-11(15)6-8-12/h5-8,10,13H,2-4,9,16H2,1H3,(H,17,19). The number of hydrogen-bond acceptors (Lipinski definition) is 2. The summed E-state index contributed by atoms with van der Waals surface area (Å²) in [5.41, 5.74) is 6.33. The molecule has 5 heteroatoms. The Morgan fingerprint density at radius 1 is 1.42 bits per heavy atom. The van der Waals surface area contributed by atoms with E-state index in [2.05, 4.69) is 5.32 Å². The van der Waals surface area contributed by atoms with Crippen LogP contribution in [-0.4, -0.2) is 29.6 Å². The van der Waals surface area contributed by atoms with Gasteiger partial charge in [0.05, 0.1) is 0 Å². The van der Waals surface area contributed by atoms with E-state index in [0.717, 1.165) is 19.3 Å². The number of likely N-dealkylation sites (tertiary alicyclic amines) is 1. The van der Waals surface area contributed by atoms with Crippen LogP contribution in [0.4, 0.5) is 14.9 Å². The van der Waals surface area contributed by atoms with Gasteiger partial charge in [0.1, 0.15) is 5.82 Å². The van der Waals surface area contributed by atoms with Gasteiger partial charge in [-0.3, -0.25) is 0 Å². The summed E-state index contributed by atoms with van der Waals surface area (Å²) in [7, 11) is 0. The summed E-state index contributed by atoms with van der Waals surface area (Å²) in [4.78, 5) is 14.1. The zero-order valence-electron chi connectivity index (χ0n) is 11.1. The molecule has 1 aliphatic rings. The minimum absolute atomic E-state index is 0.0872. The number of amides is 2. The fraction of sp³-hybridized carbons (Fsp3) is 0.500. The molecule has 0 aromatic heterocycles. The predicted molar refractivity (Wildman–Crippen MR) is 73.4 cm³/mol. The molecular weight excluding hydrogens is 245 g/mol. The Morgan fingerprint density at radius 3 is 2.74 bits per heavy atom. The summed E-state index contributed by atoms with van der Waals surface area (Å²) in [5.74, 6) is -0.316. The first-order valence-corrected chi connectivity index (χ1v) is 6.66. The second kappa shape index (κ2) is 6.02. The first-order chi connectivity index (χ1) is 9.11. The Hall–Kier alpha value is -1.62. The van der Waals surface area contributed by atoms with Crippen LogP contribution in [0.25, 0.3) is 0 Å². The van der Waals surface area contributed by atoms with Crippen molar-refractivity contribution in [1.29, 1.82) is 0 Å². The number of nitrogens with zero attached hydrogens (tertiary/aromatic N) is 1. The van der Waals surface area contributed by atoms with Crippen LogP contribution in [-0.2, 0) is 0 Å². The van der Waals surface area contributed by atoms with Gasteiger partial charge in [-0.1, -0.05) is 0 Å². The molecule has 0 radical (unpaired) electrons. The summed E-state index contributed by atoms with van der Waals surface area (Å²) in [6, 6.07) is 5.88. The number of carbonyl (C=O) groups excluding carboxylic acids is 1. The van der Waals surface area contributed by atoms with E-state index in [4.69, 9.17) is 5.73 Å². The largest absolute Gasteiger partial charge is 0.328 e. The Labute approximate surface area is 112 Å². The second-order valence-corrected chi connectivity index (χ2v) is 5.01. The number of halogens is 1. The molecule has 1 aromatic rings. The van der Waals surface area contributed by atoms with E-state index in [1.165, 1.54) is 12.1 Å². The van der Waals surface area contributed by atoms with Gasteiger partial charge in [-0.15, -0.1) is 0 Å². The van der Waals surface area contributed by atoms with Gasteiger partial charge in [-0.25, -0.2) is 9.18 Å². The molecule has 1 aromatic carbocycles. The number of urea groups is 1. The van der Waals surface area contributed by atoms with Crippen molar-refractivity contribution in [3.8, 4) is 0 Å². The number of anilines is 1.